The van der Waals surface area contributed by atoms with Crippen LogP contribution in [0.15, 0.2) is 0 Å². The Balaban J connectivity index is -0.000000180. The molecule has 0 amide bonds. The van der Waals surface area contributed by atoms with Crippen LogP contribution in [-0.2, 0) is 4.79 Å². The van der Waals surface area contributed by atoms with E-state index in [-0.39, 0.29) is 6.84 Å². The van der Waals surface area contributed by atoms with Crippen molar-refractivity contribution in [1.82, 2.24) is 0 Å². The zero-order chi connectivity index (χ0) is 11.8. The van der Waals surface area contributed by atoms with E-state index in [4.69, 9.17) is 5.11 Å². The van der Waals surface area contributed by atoms with Crippen molar-refractivity contribution >= 4 is 6.29 Å². The normalized spacial score (nSPS) is 11.6. The maximum Gasteiger partial charge on any atom is 1.00 e. The molecule has 0 fully saturated rings. The minimum Gasteiger partial charge on any atom is -0.396 e. The van der Waals surface area contributed by atoms with Crippen molar-refractivity contribution in [2.24, 2.45) is 10.8 Å². The Bertz CT molecular complexity index is 143. The molecule has 0 aromatic heterocycles. The van der Waals surface area contributed by atoms with Crippen LogP contribution in [0, 0.1) is 10.8 Å². The summed E-state index contributed by atoms with van der Waals surface area (Å²) in [5.74, 6) is 0. The lowest BCUT2D eigenvalue weighted by Crippen LogP contribution is -2.06. The molecule has 0 atom stereocenters. The van der Waals surface area contributed by atoms with Crippen LogP contribution in [0.2, 0.25) is 0 Å². The summed E-state index contributed by atoms with van der Waals surface area (Å²) < 4.78 is 0. The molecule has 0 radical (unpaired) electrons. The van der Waals surface area contributed by atoms with Crippen molar-refractivity contribution in [2.75, 3.05) is 6.61 Å². The summed E-state index contributed by atoms with van der Waals surface area (Å²) in [5, 5.41) is 8.40. The lowest BCUT2D eigenvalue weighted by Gasteiger charge is -2.14. The van der Waals surface area contributed by atoms with Gasteiger partial charge in [-0.25, -0.2) is 0 Å². The maximum atomic E-state index is 9.82. The summed E-state index contributed by atoms with van der Waals surface area (Å²) >= 11 is 0. The van der Waals surface area contributed by atoms with Gasteiger partial charge in [0.2, 0.25) is 0 Å². The maximum absolute atomic E-state index is 9.82. The monoisotopic (exact) mass is 203 g/mol. The van der Waals surface area contributed by atoms with Crippen molar-refractivity contribution in [3.05, 3.63) is 0 Å². The minimum atomic E-state index is 0. The third-order valence-corrected chi connectivity index (χ3v) is 1.56. The second kappa shape index (κ2) is 6.99. The van der Waals surface area contributed by atoms with Crippen LogP contribution in [-0.4, -0.2) is 18.0 Å². The highest BCUT2D eigenvalue weighted by atomic mass is 16.3. The third-order valence-electron chi connectivity index (χ3n) is 1.56. The second-order valence-corrected chi connectivity index (χ2v) is 5.97. The first kappa shape index (κ1) is 16.1. The van der Waals surface area contributed by atoms with E-state index in [1.807, 2.05) is 20.8 Å². The summed E-state index contributed by atoms with van der Waals surface area (Å²) in [4.78, 5) is 9.82. The molecule has 0 unspecified atom stereocenters. The molecule has 0 aliphatic carbocycles. The van der Waals surface area contributed by atoms with E-state index in [0.29, 0.717) is 18.4 Å². The van der Waals surface area contributed by atoms with Crippen LogP contribution in [0.4, 0.5) is 0 Å². The van der Waals surface area contributed by atoms with Crippen molar-refractivity contribution in [3.63, 3.8) is 0 Å². The van der Waals surface area contributed by atoms with Gasteiger partial charge < -0.3 is 9.90 Å². The number of aldehydes is 1. The van der Waals surface area contributed by atoms with Gasteiger partial charge in [-0.1, -0.05) is 41.5 Å². The van der Waals surface area contributed by atoms with Crippen LogP contribution in [0.5, 0.6) is 0 Å². The van der Waals surface area contributed by atoms with Crippen molar-refractivity contribution in [2.45, 2.75) is 54.4 Å². The van der Waals surface area contributed by atoms with Gasteiger partial charge in [0.05, 0.1) is 0 Å². The summed E-state index contributed by atoms with van der Waals surface area (Å²) in [6, 6.07) is 0. The van der Waals surface area contributed by atoms with Crippen LogP contribution < -0.4 is 0 Å². The lowest BCUT2D eigenvalue weighted by molar-refractivity contribution is -0.109. The molecule has 0 rings (SSSR count). The molecule has 0 aliphatic heterocycles. The molecule has 14 heavy (non-hydrogen) atoms. The predicted octanol–water partition coefficient (Wildman–Crippen LogP) is 3.15. The fraction of sp³-hybridized carbons (Fsp3) is 0.917. The zero-order valence-corrected chi connectivity index (χ0v) is 10.6. The van der Waals surface area contributed by atoms with Crippen LogP contribution in [0.1, 0.15) is 55.8 Å². The molecule has 1 N–H and O–H groups in total. The minimum absolute atomic E-state index is 0. The molecule has 0 aromatic carbocycles. The lowest BCUT2D eigenvalue weighted by atomic mass is 9.93. The molecule has 0 saturated carbocycles. The first-order valence-corrected chi connectivity index (χ1v) is 5.17. The van der Waals surface area contributed by atoms with E-state index in [1.54, 1.807) is 0 Å². The van der Waals surface area contributed by atoms with E-state index < -0.39 is 0 Å². The molecule has 2 heteroatoms. The summed E-state index contributed by atoms with van der Waals surface area (Å²) in [6.45, 7) is 12.8. The van der Waals surface area contributed by atoms with E-state index in [2.05, 4.69) is 20.8 Å². The van der Waals surface area contributed by atoms with Crippen LogP contribution in [0.25, 0.3) is 0 Å². The highest BCUT2D eigenvalue weighted by molar-refractivity contribution is 5.50. The highest BCUT2D eigenvalue weighted by Gasteiger charge is 2.07. The quantitative estimate of drug-likeness (QED) is 0.700. The smallest absolute Gasteiger partial charge is 0.396 e. The van der Waals surface area contributed by atoms with Crippen molar-refractivity contribution in [3.8, 4) is 0 Å². The van der Waals surface area contributed by atoms with E-state index in [9.17, 15) is 4.79 Å². The van der Waals surface area contributed by atoms with Gasteiger partial charge in [0, 0.05) is 13.0 Å². The van der Waals surface area contributed by atoms with Crippen molar-refractivity contribution < 1.29 is 11.3 Å². The largest absolute Gasteiger partial charge is 1.00 e. The van der Waals surface area contributed by atoms with Gasteiger partial charge in [0.1, 0.15) is 6.29 Å². The van der Waals surface area contributed by atoms with Gasteiger partial charge >= 0.3 is 1.43 Å². The summed E-state index contributed by atoms with van der Waals surface area (Å²) in [5.41, 5.74) is 0.483. The Morgan fingerprint density at radius 3 is 1.50 bits per heavy atom. The molecule has 86 valence electrons. The molecule has 0 aliphatic rings. The van der Waals surface area contributed by atoms with Gasteiger partial charge in [0.15, 0.2) is 0 Å². The molecule has 0 spiro atoms. The first-order chi connectivity index (χ1) is 6.12. The number of hydrogen-bond acceptors (Lipinski definition) is 2. The number of rotatable bonds is 2. The van der Waals surface area contributed by atoms with Gasteiger partial charge in [-0.15, -0.1) is 0 Å². The highest BCUT2D eigenvalue weighted by Crippen LogP contribution is 2.16. The van der Waals surface area contributed by atoms with Gasteiger partial charge in [0.25, 0.3) is 0 Å². The molecule has 0 saturated heterocycles. The Labute approximate surface area is 90.2 Å². The van der Waals surface area contributed by atoms with Crippen molar-refractivity contribution in [1.29, 1.82) is 0 Å². The third kappa shape index (κ3) is 22.6. The molecule has 2 nitrogen and oxygen atoms in total. The number of aliphatic hydroxyl groups excluding tert-OH is 1. The van der Waals surface area contributed by atoms with E-state index in [0.717, 1.165) is 12.7 Å². The average molecular weight is 203 g/mol. The standard InChI is InChI=1S/C6H14O.C6H12O/c2*1-6(2,3)4-5-7/h7H,4-5H2,1-3H3;5H,4H2,1-3H3/p+1. The Morgan fingerprint density at radius 2 is 1.50 bits per heavy atom. The zero-order valence-electron chi connectivity index (χ0n) is 11.6. The number of carbonyl (C=O) groups is 1. The van der Waals surface area contributed by atoms with E-state index >= 15 is 0 Å². The van der Waals surface area contributed by atoms with Gasteiger partial charge in [-0.05, 0) is 17.3 Å². The van der Waals surface area contributed by atoms with Crippen LogP contribution >= 0.6 is 0 Å². The number of carbonyl (C=O) groups excluding carboxylic acids is 1. The van der Waals surface area contributed by atoms with Crippen LogP contribution in [0.3, 0.4) is 0 Å². The molecule has 0 bridgehead atoms. The second-order valence-electron chi connectivity index (χ2n) is 5.97. The molecule has 0 aromatic rings. The SMILES string of the molecule is CC(C)(C)CC=O.CC(C)(C)CCO.[H+]. The fourth-order valence-electron chi connectivity index (χ4n) is 0.585. The first-order valence-electron chi connectivity index (χ1n) is 5.17. The van der Waals surface area contributed by atoms with Gasteiger partial charge in [-0.3, -0.25) is 0 Å². The predicted molar refractivity (Wildman–Crippen MR) is 62.4 cm³/mol. The average Bonchev–Trinajstić information content (AvgIpc) is 1.81. The van der Waals surface area contributed by atoms with Gasteiger partial charge in [-0.2, -0.15) is 0 Å². The summed E-state index contributed by atoms with van der Waals surface area (Å²) in [6.07, 6.45) is 2.51. The number of hydrogen-bond donors (Lipinski definition) is 1. The molecular formula is C12H27O2+. The number of aliphatic hydroxyl groups is 1. The summed E-state index contributed by atoms with van der Waals surface area (Å²) in [7, 11) is 0. The Kier molecular flexibility index (Phi) is 8.03. The van der Waals surface area contributed by atoms with E-state index in [1.165, 1.54) is 0 Å². The topological polar surface area (TPSA) is 37.3 Å². The molecule has 0 heterocycles. The Morgan fingerprint density at radius 1 is 1.07 bits per heavy atom. The fourth-order valence-corrected chi connectivity index (χ4v) is 0.585. The Hall–Kier alpha value is -0.370. The molecular weight excluding hydrogens is 176 g/mol.